The van der Waals surface area contributed by atoms with Crippen molar-refractivity contribution in [3.63, 3.8) is 0 Å². The number of nitrogens with one attached hydrogen (secondary N) is 1. The molecule has 1 unspecified atom stereocenters. The smallest absolute Gasteiger partial charge is 0.0604 e. The molecule has 0 bridgehead atoms. The molecule has 2 aromatic rings. The van der Waals surface area contributed by atoms with Gasteiger partial charge >= 0.3 is 0 Å². The Kier molecular flexibility index (Phi) is 4.53. The lowest BCUT2D eigenvalue weighted by Gasteiger charge is -2.19. The van der Waals surface area contributed by atoms with Gasteiger partial charge in [-0.3, -0.25) is 4.68 Å². The first kappa shape index (κ1) is 12.8. The highest BCUT2D eigenvalue weighted by Gasteiger charge is 2.11. The van der Waals surface area contributed by atoms with Crippen LogP contribution >= 0.6 is 0 Å². The lowest BCUT2D eigenvalue weighted by Crippen LogP contribution is -2.26. The number of aromatic nitrogens is 2. The van der Waals surface area contributed by atoms with Gasteiger partial charge < -0.3 is 5.32 Å². The lowest BCUT2D eigenvalue weighted by molar-refractivity contribution is 0.439. The van der Waals surface area contributed by atoms with E-state index in [4.69, 9.17) is 0 Å². The summed E-state index contributed by atoms with van der Waals surface area (Å²) in [6, 6.07) is 10.9. The van der Waals surface area contributed by atoms with E-state index < -0.39 is 0 Å². The number of hydrogen-bond donors (Lipinski definition) is 1. The topological polar surface area (TPSA) is 29.9 Å². The van der Waals surface area contributed by atoms with Crippen LogP contribution in [-0.2, 0) is 6.54 Å². The largest absolute Gasteiger partial charge is 0.308 e. The summed E-state index contributed by atoms with van der Waals surface area (Å²) in [6.07, 6.45) is 5.13. The molecule has 0 spiro atoms. The molecular weight excluding hydrogens is 222 g/mol. The average molecular weight is 243 g/mol. The summed E-state index contributed by atoms with van der Waals surface area (Å²) >= 11 is 0. The van der Waals surface area contributed by atoms with Crippen LogP contribution in [0.25, 0.3) is 0 Å². The molecule has 96 valence electrons. The highest BCUT2D eigenvalue weighted by Crippen LogP contribution is 2.14. The monoisotopic (exact) mass is 243 g/mol. The second kappa shape index (κ2) is 6.36. The molecule has 1 atom stereocenters. The number of aryl methyl sites for hydroxylation is 1. The third-order valence-electron chi connectivity index (χ3n) is 2.97. The number of nitrogens with zero attached hydrogens (tertiary/aromatic N) is 2. The highest BCUT2D eigenvalue weighted by molar-refractivity contribution is 5.18. The van der Waals surface area contributed by atoms with E-state index in [0.29, 0.717) is 6.04 Å². The minimum Gasteiger partial charge on any atom is -0.308 e. The van der Waals surface area contributed by atoms with Gasteiger partial charge in [-0.15, -0.1) is 0 Å². The minimum atomic E-state index is 0.324. The fourth-order valence-corrected chi connectivity index (χ4v) is 2.05. The molecule has 0 aliphatic rings. The predicted molar refractivity (Wildman–Crippen MR) is 74.4 cm³/mol. The van der Waals surface area contributed by atoms with E-state index in [-0.39, 0.29) is 0 Å². The molecule has 1 aromatic carbocycles. The molecule has 18 heavy (non-hydrogen) atoms. The van der Waals surface area contributed by atoms with Gasteiger partial charge in [0.2, 0.25) is 0 Å². The molecular formula is C15H21N3. The summed E-state index contributed by atoms with van der Waals surface area (Å²) in [5.74, 6) is 0. The molecule has 1 heterocycles. The second-order valence-electron chi connectivity index (χ2n) is 4.66. The molecule has 0 fully saturated rings. The quantitative estimate of drug-likeness (QED) is 0.845. The second-order valence-corrected chi connectivity index (χ2v) is 4.66. The van der Waals surface area contributed by atoms with Gasteiger partial charge in [0.25, 0.3) is 0 Å². The average Bonchev–Trinajstić information content (AvgIpc) is 2.81. The number of benzene rings is 1. The van der Waals surface area contributed by atoms with Gasteiger partial charge in [-0.1, -0.05) is 37.3 Å². The molecule has 0 aliphatic heterocycles. The summed E-state index contributed by atoms with van der Waals surface area (Å²) in [5, 5.41) is 7.95. The van der Waals surface area contributed by atoms with Crippen LogP contribution in [0.4, 0.5) is 0 Å². The van der Waals surface area contributed by atoms with Gasteiger partial charge in [-0.05, 0) is 31.0 Å². The highest BCUT2D eigenvalue weighted by atomic mass is 15.3. The summed E-state index contributed by atoms with van der Waals surface area (Å²) in [5.41, 5.74) is 2.52. The fraction of sp³-hybridized carbons (Fsp3) is 0.400. The van der Waals surface area contributed by atoms with Crippen LogP contribution in [0.2, 0.25) is 0 Å². The van der Waals surface area contributed by atoms with E-state index in [1.165, 1.54) is 11.1 Å². The van der Waals surface area contributed by atoms with Crippen molar-refractivity contribution in [2.24, 2.45) is 0 Å². The van der Waals surface area contributed by atoms with Crippen LogP contribution in [0.5, 0.6) is 0 Å². The molecule has 2 rings (SSSR count). The zero-order valence-electron chi connectivity index (χ0n) is 11.1. The van der Waals surface area contributed by atoms with Gasteiger partial charge in [-0.2, -0.15) is 5.10 Å². The Morgan fingerprint density at radius 2 is 2.06 bits per heavy atom. The Labute approximate surface area is 109 Å². The van der Waals surface area contributed by atoms with Crippen LogP contribution in [-0.4, -0.2) is 16.3 Å². The van der Waals surface area contributed by atoms with Gasteiger partial charge in [0.1, 0.15) is 0 Å². The third kappa shape index (κ3) is 3.44. The van der Waals surface area contributed by atoms with E-state index in [9.17, 15) is 0 Å². The normalized spacial score (nSPS) is 12.6. The van der Waals surface area contributed by atoms with Crippen LogP contribution in [0.15, 0.2) is 42.7 Å². The SMILES string of the molecule is CCCNC(Cn1cc(C)cn1)c1ccccc1. The van der Waals surface area contributed by atoms with Gasteiger partial charge in [0.05, 0.1) is 18.8 Å². The maximum atomic E-state index is 4.37. The molecule has 1 N–H and O–H groups in total. The van der Waals surface area contributed by atoms with Crippen molar-refractivity contribution in [2.45, 2.75) is 32.9 Å². The lowest BCUT2D eigenvalue weighted by atomic mass is 10.1. The first-order valence-corrected chi connectivity index (χ1v) is 6.57. The first-order chi connectivity index (χ1) is 8.79. The Balaban J connectivity index is 2.10. The van der Waals surface area contributed by atoms with Crippen molar-refractivity contribution >= 4 is 0 Å². The van der Waals surface area contributed by atoms with Crippen molar-refractivity contribution < 1.29 is 0 Å². The molecule has 0 aliphatic carbocycles. The standard InChI is InChI=1S/C15H21N3/c1-3-9-16-15(14-7-5-4-6-8-14)12-18-11-13(2)10-17-18/h4-8,10-11,15-16H,3,9,12H2,1-2H3. The van der Waals surface area contributed by atoms with E-state index in [2.05, 4.69) is 60.8 Å². The summed E-state index contributed by atoms with van der Waals surface area (Å²) < 4.78 is 2.01. The number of hydrogen-bond acceptors (Lipinski definition) is 2. The van der Waals surface area contributed by atoms with Crippen LogP contribution < -0.4 is 5.32 Å². The van der Waals surface area contributed by atoms with E-state index in [1.807, 2.05) is 10.9 Å². The van der Waals surface area contributed by atoms with Crippen LogP contribution in [0, 0.1) is 6.92 Å². The summed E-state index contributed by atoms with van der Waals surface area (Å²) in [7, 11) is 0. The Hall–Kier alpha value is -1.61. The fourth-order valence-electron chi connectivity index (χ4n) is 2.05. The van der Waals surface area contributed by atoms with Crippen LogP contribution in [0.3, 0.4) is 0 Å². The molecule has 3 nitrogen and oxygen atoms in total. The molecule has 0 saturated heterocycles. The molecule has 0 radical (unpaired) electrons. The molecule has 0 saturated carbocycles. The van der Waals surface area contributed by atoms with Crippen molar-refractivity contribution in [1.82, 2.24) is 15.1 Å². The molecule has 0 amide bonds. The van der Waals surface area contributed by atoms with Crippen molar-refractivity contribution in [1.29, 1.82) is 0 Å². The summed E-state index contributed by atoms with van der Waals surface area (Å²) in [4.78, 5) is 0. The van der Waals surface area contributed by atoms with Crippen molar-refractivity contribution in [3.8, 4) is 0 Å². The number of rotatable bonds is 6. The third-order valence-corrected chi connectivity index (χ3v) is 2.97. The van der Waals surface area contributed by atoms with E-state index in [0.717, 1.165) is 19.5 Å². The zero-order chi connectivity index (χ0) is 12.8. The van der Waals surface area contributed by atoms with Gasteiger partial charge in [0, 0.05) is 6.20 Å². The van der Waals surface area contributed by atoms with Crippen molar-refractivity contribution in [3.05, 3.63) is 53.9 Å². The molecule has 3 heteroatoms. The minimum absolute atomic E-state index is 0.324. The van der Waals surface area contributed by atoms with E-state index in [1.54, 1.807) is 0 Å². The summed E-state index contributed by atoms with van der Waals surface area (Å²) in [6.45, 7) is 6.16. The Morgan fingerprint density at radius 1 is 1.28 bits per heavy atom. The maximum absolute atomic E-state index is 4.37. The van der Waals surface area contributed by atoms with Gasteiger partial charge in [-0.25, -0.2) is 0 Å². The Bertz CT molecular complexity index is 462. The zero-order valence-corrected chi connectivity index (χ0v) is 11.1. The predicted octanol–water partition coefficient (Wildman–Crippen LogP) is 2.93. The first-order valence-electron chi connectivity index (χ1n) is 6.57. The molecule has 1 aromatic heterocycles. The Morgan fingerprint density at radius 3 is 2.67 bits per heavy atom. The maximum Gasteiger partial charge on any atom is 0.0604 e. The van der Waals surface area contributed by atoms with Crippen LogP contribution in [0.1, 0.15) is 30.5 Å². The van der Waals surface area contributed by atoms with Crippen molar-refractivity contribution in [2.75, 3.05) is 6.54 Å². The van der Waals surface area contributed by atoms with Gasteiger partial charge in [0.15, 0.2) is 0 Å². The van der Waals surface area contributed by atoms with E-state index >= 15 is 0 Å².